The first kappa shape index (κ1) is 18.0. The van der Waals surface area contributed by atoms with E-state index in [0.717, 1.165) is 29.7 Å². The molecule has 2 aromatic heterocycles. The fourth-order valence-electron chi connectivity index (χ4n) is 3.54. The second-order valence-electron chi connectivity index (χ2n) is 6.78. The van der Waals surface area contributed by atoms with Gasteiger partial charge in [0.1, 0.15) is 5.75 Å². The van der Waals surface area contributed by atoms with Crippen molar-refractivity contribution >= 4 is 11.9 Å². The maximum absolute atomic E-state index is 12.8. The molecular weight excluding hydrogens is 356 g/mol. The van der Waals surface area contributed by atoms with Crippen LogP contribution in [-0.4, -0.2) is 43.7 Å². The van der Waals surface area contributed by atoms with Gasteiger partial charge in [-0.05, 0) is 25.0 Å². The summed E-state index contributed by atoms with van der Waals surface area (Å²) in [4.78, 5) is 23.3. The standard InChI is InChI=1S/C20H22N6O2/c1-25-12-14(10-23-25)16-11-22-20(21)24-19(16)17-8-5-9-26(17)18(27)13-28-15-6-3-2-4-7-15/h2-4,6-7,10-12,17H,5,8-9,13H2,1H3,(H2,21,22,24). The van der Waals surface area contributed by atoms with E-state index in [9.17, 15) is 4.79 Å². The van der Waals surface area contributed by atoms with Crippen molar-refractivity contribution in [1.82, 2.24) is 24.6 Å². The molecular formula is C20H22N6O2. The fraction of sp³-hybridized carbons (Fsp3) is 0.300. The lowest BCUT2D eigenvalue weighted by Gasteiger charge is -2.25. The lowest BCUT2D eigenvalue weighted by atomic mass is 10.0. The molecule has 144 valence electrons. The molecule has 8 nitrogen and oxygen atoms in total. The van der Waals surface area contributed by atoms with Gasteiger partial charge in [-0.1, -0.05) is 18.2 Å². The monoisotopic (exact) mass is 378 g/mol. The Morgan fingerprint density at radius 3 is 2.86 bits per heavy atom. The zero-order valence-corrected chi connectivity index (χ0v) is 15.7. The zero-order valence-electron chi connectivity index (χ0n) is 15.7. The second-order valence-corrected chi connectivity index (χ2v) is 6.78. The maximum atomic E-state index is 12.8. The smallest absolute Gasteiger partial charge is 0.261 e. The van der Waals surface area contributed by atoms with Gasteiger partial charge in [0.15, 0.2) is 6.61 Å². The average molecular weight is 378 g/mol. The minimum atomic E-state index is -0.160. The number of ether oxygens (including phenoxy) is 1. The number of carbonyl (C=O) groups is 1. The molecule has 3 aromatic rings. The van der Waals surface area contributed by atoms with E-state index >= 15 is 0 Å². The number of para-hydroxylation sites is 1. The Morgan fingerprint density at radius 1 is 1.29 bits per heavy atom. The summed E-state index contributed by atoms with van der Waals surface area (Å²) < 4.78 is 7.37. The van der Waals surface area contributed by atoms with Gasteiger partial charge in [0, 0.05) is 37.1 Å². The highest BCUT2D eigenvalue weighted by Gasteiger charge is 2.33. The van der Waals surface area contributed by atoms with Crippen LogP contribution < -0.4 is 10.5 Å². The van der Waals surface area contributed by atoms with Gasteiger partial charge in [-0.25, -0.2) is 9.97 Å². The molecule has 1 aliphatic heterocycles. The van der Waals surface area contributed by atoms with Crippen LogP contribution >= 0.6 is 0 Å². The van der Waals surface area contributed by atoms with Crippen molar-refractivity contribution < 1.29 is 9.53 Å². The van der Waals surface area contributed by atoms with Crippen LogP contribution in [0.4, 0.5) is 5.95 Å². The molecule has 3 heterocycles. The number of benzene rings is 1. The summed E-state index contributed by atoms with van der Waals surface area (Å²) in [6.45, 7) is 0.654. The summed E-state index contributed by atoms with van der Waals surface area (Å²) in [5, 5.41) is 4.23. The first-order chi connectivity index (χ1) is 13.6. The predicted octanol–water partition coefficient (Wildman–Crippen LogP) is 2.20. The molecule has 1 atom stereocenters. The highest BCUT2D eigenvalue weighted by atomic mass is 16.5. The molecule has 1 amide bonds. The summed E-state index contributed by atoms with van der Waals surface area (Å²) >= 11 is 0. The predicted molar refractivity (Wildman–Crippen MR) is 104 cm³/mol. The molecule has 1 saturated heterocycles. The van der Waals surface area contributed by atoms with Crippen LogP contribution in [0.1, 0.15) is 24.6 Å². The van der Waals surface area contributed by atoms with Crippen molar-refractivity contribution in [2.45, 2.75) is 18.9 Å². The number of carbonyl (C=O) groups excluding carboxylic acids is 1. The number of anilines is 1. The van der Waals surface area contributed by atoms with Gasteiger partial charge in [-0.15, -0.1) is 0 Å². The average Bonchev–Trinajstić information content (AvgIpc) is 3.36. The molecule has 1 fully saturated rings. The number of likely N-dealkylation sites (tertiary alicyclic amines) is 1. The Bertz CT molecular complexity index is 972. The first-order valence-corrected chi connectivity index (χ1v) is 9.20. The molecule has 1 unspecified atom stereocenters. The van der Waals surface area contributed by atoms with Crippen molar-refractivity contribution in [3.63, 3.8) is 0 Å². The quantitative estimate of drug-likeness (QED) is 0.731. The SMILES string of the molecule is Cn1cc(-c2cnc(N)nc2C2CCCN2C(=O)COc2ccccc2)cn1. The number of nitrogens with two attached hydrogens (primary N) is 1. The van der Waals surface area contributed by atoms with Gasteiger partial charge in [-0.2, -0.15) is 5.10 Å². The molecule has 4 rings (SSSR count). The summed E-state index contributed by atoms with van der Waals surface area (Å²) in [6.07, 6.45) is 7.09. The van der Waals surface area contributed by atoms with Gasteiger partial charge in [0.2, 0.25) is 5.95 Å². The van der Waals surface area contributed by atoms with Crippen molar-refractivity contribution in [1.29, 1.82) is 0 Å². The Balaban J connectivity index is 1.58. The third-order valence-corrected chi connectivity index (χ3v) is 4.85. The van der Waals surface area contributed by atoms with Gasteiger partial charge >= 0.3 is 0 Å². The molecule has 1 aliphatic rings. The number of nitrogens with zero attached hydrogens (tertiary/aromatic N) is 5. The van der Waals surface area contributed by atoms with Crippen LogP contribution in [0.5, 0.6) is 5.75 Å². The molecule has 0 spiro atoms. The van der Waals surface area contributed by atoms with Gasteiger partial charge in [0.05, 0.1) is 17.9 Å². The lowest BCUT2D eigenvalue weighted by molar-refractivity contribution is -0.134. The summed E-state index contributed by atoms with van der Waals surface area (Å²) in [5.74, 6) is 0.803. The fourth-order valence-corrected chi connectivity index (χ4v) is 3.54. The number of hydrogen-bond acceptors (Lipinski definition) is 6. The van der Waals surface area contributed by atoms with Crippen molar-refractivity contribution in [3.05, 3.63) is 54.6 Å². The summed E-state index contributed by atoms with van der Waals surface area (Å²) in [6, 6.07) is 9.17. The van der Waals surface area contributed by atoms with Crippen molar-refractivity contribution in [3.8, 4) is 16.9 Å². The number of amides is 1. The Hall–Kier alpha value is -3.42. The normalized spacial score (nSPS) is 16.3. The lowest BCUT2D eigenvalue weighted by Crippen LogP contribution is -2.35. The molecule has 28 heavy (non-hydrogen) atoms. The molecule has 0 bridgehead atoms. The minimum Gasteiger partial charge on any atom is -0.484 e. The van der Waals surface area contributed by atoms with E-state index in [1.54, 1.807) is 17.1 Å². The molecule has 0 saturated carbocycles. The van der Waals surface area contributed by atoms with E-state index in [-0.39, 0.29) is 24.5 Å². The van der Waals surface area contributed by atoms with Gasteiger partial charge in [0.25, 0.3) is 5.91 Å². The van der Waals surface area contributed by atoms with Gasteiger partial charge < -0.3 is 15.4 Å². The van der Waals surface area contributed by atoms with Crippen molar-refractivity contribution in [2.24, 2.45) is 7.05 Å². The molecule has 8 heteroatoms. The van der Waals surface area contributed by atoms with Crippen LogP contribution in [-0.2, 0) is 11.8 Å². The maximum Gasteiger partial charge on any atom is 0.261 e. The third kappa shape index (κ3) is 3.66. The van der Waals surface area contributed by atoms with Crippen LogP contribution in [0, 0.1) is 0 Å². The minimum absolute atomic E-state index is 0.0106. The molecule has 2 N–H and O–H groups in total. The largest absolute Gasteiger partial charge is 0.484 e. The van der Waals surface area contributed by atoms with E-state index in [1.165, 1.54) is 0 Å². The van der Waals surface area contributed by atoms with E-state index in [0.29, 0.717) is 12.3 Å². The first-order valence-electron chi connectivity index (χ1n) is 9.20. The highest BCUT2D eigenvalue weighted by Crippen LogP contribution is 2.36. The summed E-state index contributed by atoms with van der Waals surface area (Å²) in [5.41, 5.74) is 8.36. The number of rotatable bonds is 5. The second kappa shape index (κ2) is 7.67. The van der Waals surface area contributed by atoms with Crippen LogP contribution in [0.2, 0.25) is 0 Å². The Labute approximate surface area is 163 Å². The Morgan fingerprint density at radius 2 is 2.11 bits per heavy atom. The van der Waals surface area contributed by atoms with Crippen LogP contribution in [0.15, 0.2) is 48.9 Å². The Kier molecular flexibility index (Phi) is 4.92. The number of aromatic nitrogens is 4. The molecule has 0 radical (unpaired) electrons. The number of nitrogen functional groups attached to an aromatic ring is 1. The van der Waals surface area contributed by atoms with Crippen LogP contribution in [0.25, 0.3) is 11.1 Å². The molecule has 1 aromatic carbocycles. The van der Waals surface area contributed by atoms with E-state index in [4.69, 9.17) is 10.5 Å². The number of hydrogen-bond donors (Lipinski definition) is 1. The zero-order chi connectivity index (χ0) is 19.5. The van der Waals surface area contributed by atoms with E-state index < -0.39 is 0 Å². The van der Waals surface area contributed by atoms with E-state index in [2.05, 4.69) is 15.1 Å². The van der Waals surface area contributed by atoms with Gasteiger partial charge in [-0.3, -0.25) is 9.48 Å². The number of aryl methyl sites for hydroxylation is 1. The highest BCUT2D eigenvalue weighted by molar-refractivity contribution is 5.79. The summed E-state index contributed by atoms with van der Waals surface area (Å²) in [7, 11) is 1.85. The van der Waals surface area contributed by atoms with Crippen molar-refractivity contribution in [2.75, 3.05) is 18.9 Å². The third-order valence-electron chi connectivity index (χ3n) is 4.85. The van der Waals surface area contributed by atoms with E-state index in [1.807, 2.05) is 48.5 Å². The molecule has 0 aliphatic carbocycles. The topological polar surface area (TPSA) is 99.2 Å². The van der Waals surface area contributed by atoms with Crippen LogP contribution in [0.3, 0.4) is 0 Å².